The summed E-state index contributed by atoms with van der Waals surface area (Å²) < 4.78 is 77.9. The molecule has 0 spiro atoms. The Morgan fingerprint density at radius 3 is 2.16 bits per heavy atom. The van der Waals surface area contributed by atoms with Crippen LogP contribution in [0.15, 0.2) is 72.1 Å². The minimum absolute atomic E-state index is 0.0305. The Kier molecular flexibility index (Phi) is 10.7. The van der Waals surface area contributed by atoms with E-state index in [0.717, 1.165) is 60.9 Å². The normalized spacial score (nSPS) is 13.0. The molecule has 0 bridgehead atoms. The van der Waals surface area contributed by atoms with E-state index >= 15 is 0 Å². The van der Waals surface area contributed by atoms with Gasteiger partial charge in [0, 0.05) is 12.0 Å². The van der Waals surface area contributed by atoms with E-state index < -0.39 is 35.2 Å². The minimum Gasteiger partial charge on any atom is -0.319 e. The molecule has 0 aliphatic rings. The topological polar surface area (TPSA) is 46.2 Å². The first kappa shape index (κ1) is 30.6. The van der Waals surface area contributed by atoms with Crippen LogP contribution in [0.4, 0.5) is 26.3 Å². The van der Waals surface area contributed by atoms with Crippen LogP contribution in [0.3, 0.4) is 0 Å². The first-order valence-electron chi connectivity index (χ1n) is 12.0. The molecule has 0 saturated heterocycles. The summed E-state index contributed by atoms with van der Waals surface area (Å²) in [6.07, 6.45) is -5.12. The third-order valence-electron chi connectivity index (χ3n) is 6.11. The number of hydrogen-bond donors (Lipinski definition) is 1. The number of alkyl halides is 6. The van der Waals surface area contributed by atoms with E-state index in [1.165, 1.54) is 12.1 Å². The number of carbonyl (C=O) groups is 2. The van der Waals surface area contributed by atoms with Crippen molar-refractivity contribution in [2.24, 2.45) is 5.92 Å². The van der Waals surface area contributed by atoms with Gasteiger partial charge >= 0.3 is 12.4 Å². The maximum Gasteiger partial charge on any atom is 0.416 e. The number of unbranched alkanes of at least 4 members (excludes halogenated alkanes) is 2. The fourth-order valence-electron chi connectivity index (χ4n) is 3.60. The molecule has 204 valence electrons. The molecule has 0 saturated carbocycles. The third-order valence-corrected chi connectivity index (χ3v) is 6.11. The van der Waals surface area contributed by atoms with Gasteiger partial charge in [0.2, 0.25) is 0 Å². The highest BCUT2D eigenvalue weighted by molar-refractivity contribution is 6.06. The van der Waals surface area contributed by atoms with Crippen LogP contribution >= 0.6 is 0 Å². The van der Waals surface area contributed by atoms with Crippen molar-refractivity contribution in [3.8, 4) is 0 Å². The van der Waals surface area contributed by atoms with Gasteiger partial charge in [-0.1, -0.05) is 38.5 Å². The van der Waals surface area contributed by atoms with Crippen molar-refractivity contribution in [3.05, 3.63) is 94.4 Å². The highest BCUT2D eigenvalue weighted by atomic mass is 19.4. The number of nitrogens with one attached hydrogen (secondary N) is 1. The maximum absolute atomic E-state index is 13.1. The number of Topliss-reactive ketones (excluding diaryl/α,β-unsaturated/α-hetero) is 1. The zero-order chi connectivity index (χ0) is 28.5. The standard InChI is InChI=1S/C29H29F6NO2/c1-4-19(2)20(3)9-6-5-7-12-26(37)25(18-21-10-8-11-24(17-21)29(33,34)35)36-27(38)22-13-15-23(16-14-22)28(30,31)32/h8,10-11,13-18,20H,1,5-7,9,12H2,2-3H3,(H,36,38)/b25-18+. The monoisotopic (exact) mass is 537 g/mol. The first-order valence-corrected chi connectivity index (χ1v) is 12.0. The lowest BCUT2D eigenvalue weighted by molar-refractivity contribution is -0.138. The SMILES string of the molecule is C=C=C(C)C(C)CCCCCC(=O)/C(=C\c1cccc(C(F)(F)F)c1)NC(=O)c1ccc(C(F)(F)F)cc1. The summed E-state index contributed by atoms with van der Waals surface area (Å²) in [5, 5.41) is 2.37. The molecule has 1 amide bonds. The van der Waals surface area contributed by atoms with Crippen LogP contribution in [-0.2, 0) is 17.1 Å². The van der Waals surface area contributed by atoms with Crippen LogP contribution in [-0.4, -0.2) is 11.7 Å². The lowest BCUT2D eigenvalue weighted by atomic mass is 9.96. The molecule has 2 rings (SSSR count). The van der Waals surface area contributed by atoms with Gasteiger partial charge in [-0.05, 0) is 79.3 Å². The Morgan fingerprint density at radius 1 is 0.947 bits per heavy atom. The van der Waals surface area contributed by atoms with Crippen molar-refractivity contribution < 1.29 is 35.9 Å². The number of allylic oxidation sites excluding steroid dienone is 2. The molecule has 1 atom stereocenters. The fourth-order valence-corrected chi connectivity index (χ4v) is 3.60. The molecule has 2 aromatic carbocycles. The first-order chi connectivity index (χ1) is 17.7. The van der Waals surface area contributed by atoms with Crippen molar-refractivity contribution in [2.45, 2.75) is 58.3 Å². The highest BCUT2D eigenvalue weighted by Gasteiger charge is 2.31. The predicted octanol–water partition coefficient (Wildman–Crippen LogP) is 8.38. The molecular weight excluding hydrogens is 508 g/mol. The zero-order valence-electron chi connectivity index (χ0n) is 21.1. The van der Waals surface area contributed by atoms with Crippen LogP contribution < -0.4 is 5.32 Å². The lowest BCUT2D eigenvalue weighted by Crippen LogP contribution is -2.27. The van der Waals surface area contributed by atoms with Gasteiger partial charge in [0.25, 0.3) is 5.91 Å². The number of hydrogen-bond acceptors (Lipinski definition) is 2. The summed E-state index contributed by atoms with van der Waals surface area (Å²) in [4.78, 5) is 25.7. The van der Waals surface area contributed by atoms with Gasteiger partial charge in [-0.25, -0.2) is 0 Å². The molecule has 0 fully saturated rings. The molecule has 38 heavy (non-hydrogen) atoms. The van der Waals surface area contributed by atoms with Gasteiger partial charge in [0.15, 0.2) is 5.78 Å². The van der Waals surface area contributed by atoms with Crippen molar-refractivity contribution in [2.75, 3.05) is 0 Å². The second-order valence-electron chi connectivity index (χ2n) is 8.99. The molecule has 0 aliphatic carbocycles. The predicted molar refractivity (Wildman–Crippen MR) is 134 cm³/mol. The third kappa shape index (κ3) is 9.38. The van der Waals surface area contributed by atoms with Crippen LogP contribution in [0, 0.1) is 5.92 Å². The molecule has 0 aromatic heterocycles. The summed E-state index contributed by atoms with van der Waals surface area (Å²) in [6, 6.07) is 7.64. The largest absolute Gasteiger partial charge is 0.416 e. The number of ketones is 1. The van der Waals surface area contributed by atoms with E-state index in [0.29, 0.717) is 18.8 Å². The fraction of sp³-hybridized carbons (Fsp3) is 0.345. The summed E-state index contributed by atoms with van der Waals surface area (Å²) in [7, 11) is 0. The van der Waals surface area contributed by atoms with Gasteiger partial charge in [-0.2, -0.15) is 26.3 Å². The lowest BCUT2D eigenvalue weighted by Gasteiger charge is -2.12. The quantitative estimate of drug-likeness (QED) is 0.135. The van der Waals surface area contributed by atoms with E-state index in [1.54, 1.807) is 0 Å². The van der Waals surface area contributed by atoms with Crippen molar-refractivity contribution >= 4 is 17.8 Å². The Balaban J connectivity index is 2.20. The van der Waals surface area contributed by atoms with Crippen molar-refractivity contribution in [1.82, 2.24) is 5.32 Å². The average molecular weight is 538 g/mol. The molecule has 1 unspecified atom stereocenters. The average Bonchev–Trinajstić information content (AvgIpc) is 2.86. The number of rotatable bonds is 11. The maximum atomic E-state index is 13.1. The van der Waals surface area contributed by atoms with Crippen molar-refractivity contribution in [3.63, 3.8) is 0 Å². The summed E-state index contributed by atoms with van der Waals surface area (Å²) >= 11 is 0. The van der Waals surface area contributed by atoms with Gasteiger partial charge in [-0.15, -0.1) is 5.73 Å². The van der Waals surface area contributed by atoms with Crippen LogP contribution in [0.25, 0.3) is 6.08 Å². The zero-order valence-corrected chi connectivity index (χ0v) is 21.1. The summed E-state index contributed by atoms with van der Waals surface area (Å²) in [5.41, 5.74) is 1.68. The van der Waals surface area contributed by atoms with Crippen molar-refractivity contribution in [1.29, 1.82) is 0 Å². The van der Waals surface area contributed by atoms with Crippen LogP contribution in [0.5, 0.6) is 0 Å². The Morgan fingerprint density at radius 2 is 1.58 bits per heavy atom. The Hall–Kier alpha value is -3.58. The van der Waals surface area contributed by atoms with Gasteiger partial charge in [0.05, 0.1) is 16.8 Å². The number of amides is 1. The minimum atomic E-state index is -4.60. The molecule has 2 aromatic rings. The van der Waals surface area contributed by atoms with Crippen LogP contribution in [0.2, 0.25) is 0 Å². The highest BCUT2D eigenvalue weighted by Crippen LogP contribution is 2.31. The molecule has 9 heteroatoms. The van der Waals surface area contributed by atoms with E-state index in [1.807, 2.05) is 13.8 Å². The number of halogens is 6. The van der Waals surface area contributed by atoms with E-state index in [9.17, 15) is 35.9 Å². The van der Waals surface area contributed by atoms with Gasteiger partial charge in [0.1, 0.15) is 0 Å². The second kappa shape index (κ2) is 13.3. The number of carbonyl (C=O) groups excluding carboxylic acids is 2. The van der Waals surface area contributed by atoms with E-state index in [2.05, 4.69) is 17.6 Å². The Bertz CT molecular complexity index is 1200. The van der Waals surface area contributed by atoms with E-state index in [4.69, 9.17) is 0 Å². The second-order valence-corrected chi connectivity index (χ2v) is 8.99. The molecule has 1 N–H and O–H groups in total. The smallest absolute Gasteiger partial charge is 0.319 e. The van der Waals surface area contributed by atoms with E-state index in [-0.39, 0.29) is 23.2 Å². The molecule has 0 radical (unpaired) electrons. The molecule has 0 heterocycles. The van der Waals surface area contributed by atoms with Gasteiger partial charge < -0.3 is 5.32 Å². The molecule has 3 nitrogen and oxygen atoms in total. The summed E-state index contributed by atoms with van der Waals surface area (Å²) in [6.45, 7) is 7.61. The van der Waals surface area contributed by atoms with Gasteiger partial charge in [-0.3, -0.25) is 9.59 Å². The Labute approximate surface area is 217 Å². The number of benzene rings is 2. The van der Waals surface area contributed by atoms with Crippen LogP contribution in [0.1, 0.15) is 73.0 Å². The molecular formula is C29H29F6NO2. The molecule has 0 aliphatic heterocycles. The summed E-state index contributed by atoms with van der Waals surface area (Å²) in [5.74, 6) is -1.06.